The highest BCUT2D eigenvalue weighted by Crippen LogP contribution is 2.32. The Morgan fingerprint density at radius 2 is 2.25 bits per heavy atom. The second-order valence-electron chi connectivity index (χ2n) is 4.66. The fourth-order valence-corrected chi connectivity index (χ4v) is 2.55. The summed E-state index contributed by atoms with van der Waals surface area (Å²) in [6.07, 6.45) is 8.01. The molecule has 0 atom stereocenters. The Balaban J connectivity index is 1.87. The van der Waals surface area contributed by atoms with E-state index in [0.29, 0.717) is 0 Å². The molecule has 0 aliphatic heterocycles. The Morgan fingerprint density at radius 1 is 1.44 bits per heavy atom. The summed E-state index contributed by atoms with van der Waals surface area (Å²) < 4.78 is 10.6. The van der Waals surface area contributed by atoms with Gasteiger partial charge in [-0.25, -0.2) is 0 Å². The molecule has 1 fully saturated rings. The third-order valence-corrected chi connectivity index (χ3v) is 3.56. The van der Waals surface area contributed by atoms with Gasteiger partial charge in [0.1, 0.15) is 5.76 Å². The van der Waals surface area contributed by atoms with Crippen LogP contribution in [0.2, 0.25) is 0 Å². The van der Waals surface area contributed by atoms with Gasteiger partial charge < -0.3 is 14.5 Å². The van der Waals surface area contributed by atoms with Crippen molar-refractivity contribution in [3.63, 3.8) is 0 Å². The quantitative estimate of drug-likeness (QED) is 0.805. The molecule has 0 spiro atoms. The van der Waals surface area contributed by atoms with Gasteiger partial charge in [0, 0.05) is 19.3 Å². The summed E-state index contributed by atoms with van der Waals surface area (Å²) in [7, 11) is 1.77. The predicted octanol–water partition coefficient (Wildman–Crippen LogP) is 2.72. The van der Waals surface area contributed by atoms with Gasteiger partial charge in [-0.05, 0) is 31.4 Å². The summed E-state index contributed by atoms with van der Waals surface area (Å²) >= 11 is 0. The number of ether oxygens (including phenoxy) is 1. The highest BCUT2D eigenvalue weighted by Gasteiger charge is 2.32. The molecule has 1 aliphatic carbocycles. The lowest BCUT2D eigenvalue weighted by atomic mass is 9.93. The van der Waals surface area contributed by atoms with E-state index in [1.165, 1.54) is 25.7 Å². The van der Waals surface area contributed by atoms with Crippen molar-refractivity contribution in [3.05, 3.63) is 24.2 Å². The van der Waals surface area contributed by atoms with Crippen LogP contribution in [0.4, 0.5) is 0 Å². The SMILES string of the molecule is COCCC1(NCc2ccco2)CCCC1. The van der Waals surface area contributed by atoms with Crippen molar-refractivity contribution >= 4 is 0 Å². The molecule has 1 aromatic rings. The molecule has 1 saturated carbocycles. The molecule has 0 unspecified atom stereocenters. The first-order chi connectivity index (χ1) is 7.85. The van der Waals surface area contributed by atoms with Crippen LogP contribution in [-0.4, -0.2) is 19.3 Å². The highest BCUT2D eigenvalue weighted by atomic mass is 16.5. The second kappa shape index (κ2) is 5.51. The number of furan rings is 1. The molecule has 1 N–H and O–H groups in total. The minimum Gasteiger partial charge on any atom is -0.468 e. The minimum absolute atomic E-state index is 0.281. The zero-order valence-electron chi connectivity index (χ0n) is 10.00. The first-order valence-corrected chi connectivity index (χ1v) is 6.11. The van der Waals surface area contributed by atoms with Gasteiger partial charge in [0.2, 0.25) is 0 Å². The normalized spacial score (nSPS) is 19.1. The maximum atomic E-state index is 5.35. The van der Waals surface area contributed by atoms with Crippen molar-refractivity contribution in [2.75, 3.05) is 13.7 Å². The Kier molecular flexibility index (Phi) is 4.02. The molecular weight excluding hydrogens is 202 g/mol. The summed E-state index contributed by atoms with van der Waals surface area (Å²) in [4.78, 5) is 0. The second-order valence-corrected chi connectivity index (χ2v) is 4.66. The molecule has 3 heteroatoms. The number of hydrogen-bond donors (Lipinski definition) is 1. The maximum absolute atomic E-state index is 5.35. The number of methoxy groups -OCH3 is 1. The standard InChI is InChI=1S/C13H21NO2/c1-15-10-8-13(6-2-3-7-13)14-11-12-5-4-9-16-12/h4-5,9,14H,2-3,6-8,10-11H2,1H3. The first-order valence-electron chi connectivity index (χ1n) is 6.11. The Labute approximate surface area is 97.2 Å². The molecule has 1 heterocycles. The summed E-state index contributed by atoms with van der Waals surface area (Å²) in [6, 6.07) is 3.96. The number of rotatable bonds is 6. The van der Waals surface area contributed by atoms with Gasteiger partial charge in [-0.1, -0.05) is 12.8 Å². The van der Waals surface area contributed by atoms with Gasteiger partial charge in [0.05, 0.1) is 12.8 Å². The smallest absolute Gasteiger partial charge is 0.117 e. The van der Waals surface area contributed by atoms with E-state index in [0.717, 1.165) is 25.3 Å². The molecule has 0 bridgehead atoms. The molecule has 0 saturated heterocycles. The van der Waals surface area contributed by atoms with Crippen LogP contribution in [0.1, 0.15) is 37.9 Å². The van der Waals surface area contributed by atoms with Gasteiger partial charge in [-0.3, -0.25) is 0 Å². The summed E-state index contributed by atoms with van der Waals surface area (Å²) in [5.74, 6) is 1.02. The van der Waals surface area contributed by atoms with E-state index in [-0.39, 0.29) is 5.54 Å². The van der Waals surface area contributed by atoms with E-state index in [9.17, 15) is 0 Å². The van der Waals surface area contributed by atoms with Crippen molar-refractivity contribution in [2.24, 2.45) is 0 Å². The van der Waals surface area contributed by atoms with Gasteiger partial charge in [0.15, 0.2) is 0 Å². The van der Waals surface area contributed by atoms with Crippen LogP contribution in [-0.2, 0) is 11.3 Å². The first kappa shape index (κ1) is 11.7. The molecule has 2 rings (SSSR count). The molecule has 1 aromatic heterocycles. The molecule has 90 valence electrons. The average molecular weight is 223 g/mol. The lowest BCUT2D eigenvalue weighted by molar-refractivity contribution is 0.152. The molecule has 0 aromatic carbocycles. The van der Waals surface area contributed by atoms with Crippen LogP contribution in [0, 0.1) is 0 Å². The maximum Gasteiger partial charge on any atom is 0.117 e. The molecule has 0 radical (unpaired) electrons. The summed E-state index contributed by atoms with van der Waals surface area (Å²) in [5.41, 5.74) is 0.281. The number of nitrogens with one attached hydrogen (secondary N) is 1. The molecule has 16 heavy (non-hydrogen) atoms. The van der Waals surface area contributed by atoms with Crippen LogP contribution in [0.3, 0.4) is 0 Å². The predicted molar refractivity (Wildman–Crippen MR) is 63.2 cm³/mol. The zero-order valence-corrected chi connectivity index (χ0v) is 10.00. The zero-order chi connectivity index (χ0) is 11.3. The van der Waals surface area contributed by atoms with E-state index in [1.54, 1.807) is 13.4 Å². The van der Waals surface area contributed by atoms with Crippen molar-refractivity contribution in [3.8, 4) is 0 Å². The fourth-order valence-electron chi connectivity index (χ4n) is 2.55. The van der Waals surface area contributed by atoms with Crippen molar-refractivity contribution in [1.29, 1.82) is 0 Å². The van der Waals surface area contributed by atoms with Crippen molar-refractivity contribution in [2.45, 2.75) is 44.2 Å². The van der Waals surface area contributed by atoms with E-state index in [2.05, 4.69) is 5.32 Å². The van der Waals surface area contributed by atoms with E-state index in [1.807, 2.05) is 12.1 Å². The highest BCUT2D eigenvalue weighted by molar-refractivity contribution is 5.00. The lowest BCUT2D eigenvalue weighted by Gasteiger charge is -2.30. The third-order valence-electron chi connectivity index (χ3n) is 3.56. The Morgan fingerprint density at radius 3 is 2.88 bits per heavy atom. The van der Waals surface area contributed by atoms with Gasteiger partial charge in [-0.15, -0.1) is 0 Å². The lowest BCUT2D eigenvalue weighted by Crippen LogP contribution is -2.43. The van der Waals surface area contributed by atoms with Crippen molar-refractivity contribution in [1.82, 2.24) is 5.32 Å². The van der Waals surface area contributed by atoms with E-state index >= 15 is 0 Å². The fraction of sp³-hybridized carbons (Fsp3) is 0.692. The average Bonchev–Trinajstić information content (AvgIpc) is 2.96. The van der Waals surface area contributed by atoms with Gasteiger partial charge in [0.25, 0.3) is 0 Å². The van der Waals surface area contributed by atoms with Crippen LogP contribution < -0.4 is 5.32 Å². The van der Waals surface area contributed by atoms with E-state index < -0.39 is 0 Å². The van der Waals surface area contributed by atoms with E-state index in [4.69, 9.17) is 9.15 Å². The largest absolute Gasteiger partial charge is 0.468 e. The van der Waals surface area contributed by atoms with Crippen LogP contribution >= 0.6 is 0 Å². The molecule has 0 amide bonds. The Hall–Kier alpha value is -0.800. The monoisotopic (exact) mass is 223 g/mol. The summed E-state index contributed by atoms with van der Waals surface area (Å²) in [6.45, 7) is 1.67. The van der Waals surface area contributed by atoms with Crippen LogP contribution in [0.25, 0.3) is 0 Å². The molecule has 3 nitrogen and oxygen atoms in total. The van der Waals surface area contributed by atoms with Crippen molar-refractivity contribution < 1.29 is 9.15 Å². The van der Waals surface area contributed by atoms with Crippen LogP contribution in [0.5, 0.6) is 0 Å². The van der Waals surface area contributed by atoms with Gasteiger partial charge >= 0.3 is 0 Å². The summed E-state index contributed by atoms with van der Waals surface area (Å²) in [5, 5.41) is 3.66. The number of hydrogen-bond acceptors (Lipinski definition) is 3. The molecule has 1 aliphatic rings. The topological polar surface area (TPSA) is 34.4 Å². The van der Waals surface area contributed by atoms with Gasteiger partial charge in [-0.2, -0.15) is 0 Å². The minimum atomic E-state index is 0.281. The third kappa shape index (κ3) is 2.86. The van der Waals surface area contributed by atoms with Crippen LogP contribution in [0.15, 0.2) is 22.8 Å². The molecular formula is C13H21NO2. The Bertz CT molecular complexity index is 289.